The lowest BCUT2D eigenvalue weighted by Crippen LogP contribution is -2.52. The van der Waals surface area contributed by atoms with Crippen LogP contribution in [-0.2, 0) is 9.53 Å². The van der Waals surface area contributed by atoms with Gasteiger partial charge in [-0.25, -0.2) is 4.79 Å². The summed E-state index contributed by atoms with van der Waals surface area (Å²) in [6, 6.07) is 6.56. The van der Waals surface area contributed by atoms with Gasteiger partial charge < -0.3 is 19.3 Å². The van der Waals surface area contributed by atoms with Crippen LogP contribution in [0.15, 0.2) is 24.3 Å². The Morgan fingerprint density at radius 3 is 2.12 bits per heavy atom. The molecule has 0 bridgehead atoms. The molecule has 0 aromatic heterocycles. The predicted molar refractivity (Wildman–Crippen MR) is 91.7 cm³/mol. The molecule has 2 amide bonds. The van der Waals surface area contributed by atoms with Crippen molar-refractivity contribution in [2.75, 3.05) is 32.8 Å². The molecule has 0 atom stereocenters. The third-order valence-electron chi connectivity index (χ3n) is 3.66. The molecule has 1 aliphatic rings. The van der Waals surface area contributed by atoms with Crippen LogP contribution in [0.25, 0.3) is 0 Å². The zero-order chi connectivity index (χ0) is 18.4. The highest BCUT2D eigenvalue weighted by atomic mass is 16.6. The second kappa shape index (κ2) is 8.00. The minimum atomic E-state index is -0.530. The number of ether oxygens (including phenoxy) is 2. The van der Waals surface area contributed by atoms with E-state index >= 15 is 0 Å². The molecule has 0 aliphatic carbocycles. The minimum absolute atomic E-state index is 0.0765. The van der Waals surface area contributed by atoms with Crippen molar-refractivity contribution in [2.24, 2.45) is 0 Å². The molecule has 136 valence electrons. The first-order valence-electron chi connectivity index (χ1n) is 8.22. The standard InChI is InChI=1S/C18H24N2O5/c1-18(2,3)25-17(23)20-10-8-19(9-11-20)16(22)13-24-15-6-4-14(12-21)5-7-15/h4-7,12H,8-11,13H2,1-3H3. The molecule has 1 fully saturated rings. The maximum Gasteiger partial charge on any atom is 0.410 e. The van der Waals surface area contributed by atoms with Crippen LogP contribution in [0.1, 0.15) is 31.1 Å². The summed E-state index contributed by atoms with van der Waals surface area (Å²) >= 11 is 0. The van der Waals surface area contributed by atoms with E-state index in [4.69, 9.17) is 9.47 Å². The molecule has 0 radical (unpaired) electrons. The summed E-state index contributed by atoms with van der Waals surface area (Å²) in [5.41, 5.74) is 0.0222. The second-order valence-corrected chi connectivity index (χ2v) is 6.82. The largest absolute Gasteiger partial charge is 0.484 e. The maximum absolute atomic E-state index is 12.2. The lowest BCUT2D eigenvalue weighted by atomic mass is 10.2. The topological polar surface area (TPSA) is 76.2 Å². The average Bonchev–Trinajstić information content (AvgIpc) is 2.58. The normalized spacial score (nSPS) is 14.8. The van der Waals surface area contributed by atoms with Gasteiger partial charge in [0.25, 0.3) is 5.91 Å². The summed E-state index contributed by atoms with van der Waals surface area (Å²) in [7, 11) is 0. The summed E-state index contributed by atoms with van der Waals surface area (Å²) in [4.78, 5) is 38.1. The van der Waals surface area contributed by atoms with E-state index in [-0.39, 0.29) is 18.6 Å². The van der Waals surface area contributed by atoms with E-state index in [1.807, 2.05) is 20.8 Å². The highest BCUT2D eigenvalue weighted by Crippen LogP contribution is 2.13. The van der Waals surface area contributed by atoms with Crippen molar-refractivity contribution in [3.63, 3.8) is 0 Å². The molecule has 25 heavy (non-hydrogen) atoms. The molecule has 0 N–H and O–H groups in total. The van der Waals surface area contributed by atoms with Crippen LogP contribution in [0.2, 0.25) is 0 Å². The summed E-state index contributed by atoms with van der Waals surface area (Å²) in [6.07, 6.45) is 0.394. The van der Waals surface area contributed by atoms with E-state index < -0.39 is 5.60 Å². The van der Waals surface area contributed by atoms with Gasteiger partial charge in [-0.05, 0) is 45.0 Å². The number of rotatable bonds is 4. The van der Waals surface area contributed by atoms with Crippen LogP contribution in [0.4, 0.5) is 4.79 Å². The van der Waals surface area contributed by atoms with Crippen LogP contribution in [-0.4, -0.2) is 66.5 Å². The molecule has 1 aromatic carbocycles. The summed E-state index contributed by atoms with van der Waals surface area (Å²) in [6.45, 7) is 7.17. The van der Waals surface area contributed by atoms with Gasteiger partial charge >= 0.3 is 6.09 Å². The van der Waals surface area contributed by atoms with Crippen LogP contribution in [0.5, 0.6) is 5.75 Å². The summed E-state index contributed by atoms with van der Waals surface area (Å²) in [5.74, 6) is 0.398. The van der Waals surface area contributed by atoms with Gasteiger partial charge in [-0.3, -0.25) is 9.59 Å². The Balaban J connectivity index is 1.77. The summed E-state index contributed by atoms with van der Waals surface area (Å²) < 4.78 is 10.8. The minimum Gasteiger partial charge on any atom is -0.484 e. The van der Waals surface area contributed by atoms with E-state index in [1.54, 1.807) is 34.1 Å². The molecule has 7 nitrogen and oxygen atoms in total. The fraction of sp³-hybridized carbons (Fsp3) is 0.500. The fourth-order valence-electron chi connectivity index (χ4n) is 2.34. The number of carbonyl (C=O) groups excluding carboxylic acids is 3. The SMILES string of the molecule is CC(C)(C)OC(=O)N1CCN(C(=O)COc2ccc(C=O)cc2)CC1. The number of amides is 2. The van der Waals surface area contributed by atoms with Gasteiger partial charge in [0, 0.05) is 31.7 Å². The van der Waals surface area contributed by atoms with E-state index in [1.165, 1.54) is 0 Å². The van der Waals surface area contributed by atoms with Crippen LogP contribution in [0.3, 0.4) is 0 Å². The Morgan fingerprint density at radius 2 is 1.60 bits per heavy atom. The van der Waals surface area contributed by atoms with Crippen molar-refractivity contribution in [2.45, 2.75) is 26.4 Å². The predicted octanol–water partition coefficient (Wildman–Crippen LogP) is 1.96. The van der Waals surface area contributed by atoms with Crippen molar-refractivity contribution in [1.29, 1.82) is 0 Å². The van der Waals surface area contributed by atoms with Gasteiger partial charge in [0.15, 0.2) is 6.61 Å². The van der Waals surface area contributed by atoms with Crippen molar-refractivity contribution in [3.8, 4) is 5.75 Å². The lowest BCUT2D eigenvalue weighted by Gasteiger charge is -2.35. The zero-order valence-corrected chi connectivity index (χ0v) is 14.9. The van der Waals surface area contributed by atoms with E-state index in [0.29, 0.717) is 37.5 Å². The van der Waals surface area contributed by atoms with Gasteiger partial charge in [0.1, 0.15) is 17.6 Å². The zero-order valence-electron chi connectivity index (χ0n) is 14.9. The third kappa shape index (κ3) is 5.77. The summed E-state index contributed by atoms with van der Waals surface area (Å²) in [5, 5.41) is 0. The van der Waals surface area contributed by atoms with Gasteiger partial charge in [-0.2, -0.15) is 0 Å². The van der Waals surface area contributed by atoms with Gasteiger partial charge in [0.2, 0.25) is 0 Å². The molecule has 1 aliphatic heterocycles. The first kappa shape index (κ1) is 18.8. The third-order valence-corrected chi connectivity index (χ3v) is 3.66. The highest BCUT2D eigenvalue weighted by molar-refractivity contribution is 5.78. The number of hydrogen-bond acceptors (Lipinski definition) is 5. The molecule has 0 saturated carbocycles. The number of benzene rings is 1. The molecule has 2 rings (SSSR count). The maximum atomic E-state index is 12.2. The molecule has 7 heteroatoms. The van der Waals surface area contributed by atoms with Gasteiger partial charge in [-0.15, -0.1) is 0 Å². The number of hydrogen-bond donors (Lipinski definition) is 0. The number of aldehydes is 1. The molecule has 1 heterocycles. The number of piperazine rings is 1. The van der Waals surface area contributed by atoms with Gasteiger partial charge in [-0.1, -0.05) is 0 Å². The van der Waals surface area contributed by atoms with Crippen LogP contribution >= 0.6 is 0 Å². The Morgan fingerprint density at radius 1 is 1.04 bits per heavy atom. The van der Waals surface area contributed by atoms with E-state index in [2.05, 4.69) is 0 Å². The number of carbonyl (C=O) groups is 3. The monoisotopic (exact) mass is 348 g/mol. The van der Waals surface area contributed by atoms with Crippen molar-refractivity contribution in [3.05, 3.63) is 29.8 Å². The Kier molecular flexibility index (Phi) is 6.01. The lowest BCUT2D eigenvalue weighted by molar-refractivity contribution is -0.135. The Bertz CT molecular complexity index is 613. The number of nitrogens with zero attached hydrogens (tertiary/aromatic N) is 2. The van der Waals surface area contributed by atoms with Gasteiger partial charge in [0.05, 0.1) is 0 Å². The van der Waals surface area contributed by atoms with Crippen molar-refractivity contribution in [1.82, 2.24) is 9.80 Å². The second-order valence-electron chi connectivity index (χ2n) is 6.82. The van der Waals surface area contributed by atoms with Crippen molar-refractivity contribution < 1.29 is 23.9 Å². The molecular weight excluding hydrogens is 324 g/mol. The molecule has 1 saturated heterocycles. The van der Waals surface area contributed by atoms with Crippen LogP contribution in [0, 0.1) is 0 Å². The average molecular weight is 348 g/mol. The first-order chi connectivity index (χ1) is 11.8. The fourth-order valence-corrected chi connectivity index (χ4v) is 2.34. The van der Waals surface area contributed by atoms with E-state index in [0.717, 1.165) is 6.29 Å². The first-order valence-corrected chi connectivity index (χ1v) is 8.22. The van der Waals surface area contributed by atoms with Crippen molar-refractivity contribution >= 4 is 18.3 Å². The van der Waals surface area contributed by atoms with Crippen LogP contribution < -0.4 is 4.74 Å². The van der Waals surface area contributed by atoms with E-state index in [9.17, 15) is 14.4 Å². The molecule has 1 aromatic rings. The smallest absolute Gasteiger partial charge is 0.410 e. The Labute approximate surface area is 147 Å². The Hall–Kier alpha value is -2.57. The molecular formula is C18H24N2O5. The highest BCUT2D eigenvalue weighted by Gasteiger charge is 2.27. The molecule has 0 spiro atoms. The quantitative estimate of drug-likeness (QED) is 0.778. The molecule has 0 unspecified atom stereocenters.